The highest BCUT2D eigenvalue weighted by Crippen LogP contribution is 2.32. The first-order chi connectivity index (χ1) is 20.0. The third kappa shape index (κ3) is 8.26. The summed E-state index contributed by atoms with van der Waals surface area (Å²) in [5.41, 5.74) is 2.99. The van der Waals surface area contributed by atoms with E-state index in [0.717, 1.165) is 33.8 Å². The molecule has 1 N–H and O–H groups in total. The first-order valence-electron chi connectivity index (χ1n) is 14.1. The van der Waals surface area contributed by atoms with Crippen LogP contribution in [0.1, 0.15) is 49.8 Å². The van der Waals surface area contributed by atoms with E-state index < -0.39 is 28.5 Å². The van der Waals surface area contributed by atoms with Crippen LogP contribution in [0.3, 0.4) is 0 Å². The smallest absolute Gasteiger partial charge is 0.264 e. The number of benzene rings is 3. The second-order valence-corrected chi connectivity index (χ2v) is 12.5. The topological polar surface area (TPSA) is 96.0 Å². The number of ether oxygens (including phenoxy) is 1. The Bertz CT molecular complexity index is 1460. The van der Waals surface area contributed by atoms with Gasteiger partial charge in [-0.05, 0) is 62.6 Å². The van der Waals surface area contributed by atoms with Gasteiger partial charge in [0.05, 0.1) is 22.7 Å². The molecule has 8 nitrogen and oxygen atoms in total. The van der Waals surface area contributed by atoms with Gasteiger partial charge in [0.1, 0.15) is 18.3 Å². The van der Waals surface area contributed by atoms with Crippen molar-refractivity contribution in [3.63, 3.8) is 0 Å². The molecule has 226 valence electrons. The van der Waals surface area contributed by atoms with Crippen molar-refractivity contribution < 1.29 is 22.7 Å². The number of aryl methyl sites for hydroxylation is 2. The molecule has 10 heteroatoms. The van der Waals surface area contributed by atoms with Gasteiger partial charge in [-0.1, -0.05) is 79.4 Å². The lowest BCUT2D eigenvalue weighted by Crippen LogP contribution is -2.52. The average Bonchev–Trinajstić information content (AvgIpc) is 2.97. The van der Waals surface area contributed by atoms with Crippen molar-refractivity contribution in [3.8, 4) is 5.75 Å². The summed E-state index contributed by atoms with van der Waals surface area (Å²) in [5, 5.41) is 3.13. The van der Waals surface area contributed by atoms with E-state index >= 15 is 0 Å². The molecule has 0 spiro atoms. The van der Waals surface area contributed by atoms with Crippen molar-refractivity contribution in [1.29, 1.82) is 0 Å². The molecule has 3 aromatic carbocycles. The van der Waals surface area contributed by atoms with Crippen LogP contribution < -0.4 is 14.4 Å². The van der Waals surface area contributed by atoms with E-state index in [1.807, 2.05) is 52.0 Å². The minimum Gasteiger partial charge on any atom is -0.495 e. The summed E-state index contributed by atoms with van der Waals surface area (Å²) in [6.07, 6.45) is 2.09. The number of carbonyl (C=O) groups excluding carboxylic acids is 2. The molecule has 0 fully saturated rings. The first kappa shape index (κ1) is 32.9. The number of methoxy groups -OCH3 is 1. The maximum Gasteiger partial charge on any atom is 0.264 e. The van der Waals surface area contributed by atoms with Crippen LogP contribution in [0.15, 0.2) is 71.6 Å². The van der Waals surface area contributed by atoms with Gasteiger partial charge in [0.2, 0.25) is 11.8 Å². The van der Waals surface area contributed by atoms with Crippen LogP contribution in [0.25, 0.3) is 0 Å². The molecule has 2 amide bonds. The quantitative estimate of drug-likeness (QED) is 0.229. The molecule has 0 unspecified atom stereocenters. The fraction of sp³-hybridized carbons (Fsp3) is 0.375. The van der Waals surface area contributed by atoms with Crippen LogP contribution in [-0.2, 0) is 26.2 Å². The second kappa shape index (κ2) is 15.1. The fourth-order valence-corrected chi connectivity index (χ4v) is 6.15. The molecular formula is C32H40ClN3O5S. The molecular weight excluding hydrogens is 574 g/mol. The predicted molar refractivity (Wildman–Crippen MR) is 167 cm³/mol. The van der Waals surface area contributed by atoms with Gasteiger partial charge in [0.15, 0.2) is 0 Å². The number of unbranched alkanes of at least 4 members (excludes halogenated alkanes) is 1. The Kier molecular flexibility index (Phi) is 11.8. The maximum atomic E-state index is 14.2. The molecule has 0 bridgehead atoms. The molecule has 0 aliphatic carbocycles. The lowest BCUT2D eigenvalue weighted by Gasteiger charge is -2.33. The van der Waals surface area contributed by atoms with Crippen molar-refractivity contribution in [2.75, 3.05) is 24.5 Å². The lowest BCUT2D eigenvalue weighted by atomic mass is 10.1. The summed E-state index contributed by atoms with van der Waals surface area (Å²) in [5.74, 6) is -0.419. The molecule has 1 atom stereocenters. The van der Waals surface area contributed by atoms with Gasteiger partial charge in [0, 0.05) is 13.1 Å². The van der Waals surface area contributed by atoms with Gasteiger partial charge in [-0.3, -0.25) is 13.9 Å². The van der Waals surface area contributed by atoms with Crippen molar-refractivity contribution in [2.24, 2.45) is 0 Å². The van der Waals surface area contributed by atoms with Crippen LogP contribution >= 0.6 is 11.6 Å². The largest absolute Gasteiger partial charge is 0.495 e. The molecule has 0 aromatic heterocycles. The van der Waals surface area contributed by atoms with Gasteiger partial charge >= 0.3 is 0 Å². The molecule has 0 saturated heterocycles. The van der Waals surface area contributed by atoms with E-state index in [2.05, 4.69) is 5.32 Å². The highest BCUT2D eigenvalue weighted by Gasteiger charge is 2.34. The number of rotatable bonds is 14. The van der Waals surface area contributed by atoms with Crippen molar-refractivity contribution in [2.45, 2.75) is 64.4 Å². The van der Waals surface area contributed by atoms with E-state index in [4.69, 9.17) is 16.3 Å². The minimum absolute atomic E-state index is 0.0299. The number of sulfonamides is 1. The SMILES string of the molecule is CCCCNC(=O)[C@H](CC)N(Cc1ccc(C)cc1)C(=O)CN(c1ccc(OC)c(Cl)c1)S(=O)(=O)c1ccc(C)cc1. The zero-order chi connectivity index (χ0) is 30.9. The number of anilines is 1. The van der Waals surface area contributed by atoms with E-state index in [1.165, 1.54) is 30.2 Å². The Hall–Kier alpha value is -3.56. The highest BCUT2D eigenvalue weighted by atomic mass is 35.5. The molecule has 0 radical (unpaired) electrons. The maximum absolute atomic E-state index is 14.2. The number of nitrogens with zero attached hydrogens (tertiary/aromatic N) is 2. The third-order valence-electron chi connectivity index (χ3n) is 7.00. The van der Waals surface area contributed by atoms with Gasteiger partial charge in [-0.2, -0.15) is 0 Å². The second-order valence-electron chi connectivity index (χ2n) is 10.2. The summed E-state index contributed by atoms with van der Waals surface area (Å²) in [7, 11) is -2.74. The van der Waals surface area contributed by atoms with Crippen LogP contribution in [-0.4, -0.2) is 51.4 Å². The summed E-state index contributed by atoms with van der Waals surface area (Å²) < 4.78 is 34.3. The van der Waals surface area contributed by atoms with Gasteiger partial charge in [-0.25, -0.2) is 8.42 Å². The number of halogens is 1. The Morgan fingerprint density at radius 3 is 2.12 bits per heavy atom. The van der Waals surface area contributed by atoms with E-state index in [9.17, 15) is 18.0 Å². The molecule has 0 heterocycles. The van der Waals surface area contributed by atoms with Crippen LogP contribution in [0, 0.1) is 13.8 Å². The van der Waals surface area contributed by atoms with E-state index in [0.29, 0.717) is 18.7 Å². The number of amides is 2. The van der Waals surface area contributed by atoms with Crippen molar-refractivity contribution >= 4 is 39.1 Å². The van der Waals surface area contributed by atoms with E-state index in [1.54, 1.807) is 24.3 Å². The Morgan fingerprint density at radius 1 is 0.952 bits per heavy atom. The van der Waals surface area contributed by atoms with Gasteiger partial charge in [0.25, 0.3) is 10.0 Å². The number of carbonyl (C=O) groups is 2. The molecule has 3 rings (SSSR count). The number of hydrogen-bond acceptors (Lipinski definition) is 5. The van der Waals surface area contributed by atoms with Crippen molar-refractivity contribution in [3.05, 3.63) is 88.4 Å². The lowest BCUT2D eigenvalue weighted by molar-refractivity contribution is -0.140. The van der Waals surface area contributed by atoms with Gasteiger partial charge in [-0.15, -0.1) is 0 Å². The summed E-state index contributed by atoms with van der Waals surface area (Å²) in [4.78, 5) is 28.9. The number of nitrogens with one attached hydrogen (secondary N) is 1. The van der Waals surface area contributed by atoms with Crippen LogP contribution in [0.5, 0.6) is 5.75 Å². The Morgan fingerprint density at radius 2 is 1.57 bits per heavy atom. The standard InChI is InChI=1S/C32H40ClN3O5S/c1-6-8-19-34-32(38)29(7-2)35(21-25-13-9-23(3)10-14-25)31(37)22-36(26-15-18-30(41-5)28(33)20-26)42(39,40)27-16-11-24(4)12-17-27/h9-18,20,29H,6-8,19,21-22H2,1-5H3,(H,34,38)/t29-/m0/s1. The minimum atomic E-state index is -4.20. The molecule has 3 aromatic rings. The molecule has 0 saturated carbocycles. The van der Waals surface area contributed by atoms with E-state index in [-0.39, 0.29) is 28.1 Å². The molecule has 42 heavy (non-hydrogen) atoms. The fourth-order valence-electron chi connectivity index (χ4n) is 4.49. The van der Waals surface area contributed by atoms with Crippen molar-refractivity contribution in [1.82, 2.24) is 10.2 Å². The predicted octanol–water partition coefficient (Wildman–Crippen LogP) is 5.88. The van der Waals surface area contributed by atoms with Crippen LogP contribution in [0.4, 0.5) is 5.69 Å². The number of hydrogen-bond donors (Lipinski definition) is 1. The summed E-state index contributed by atoms with van der Waals surface area (Å²) in [6, 6.07) is 17.9. The monoisotopic (exact) mass is 613 g/mol. The average molecular weight is 614 g/mol. The third-order valence-corrected chi connectivity index (χ3v) is 9.08. The van der Waals surface area contributed by atoms with Crippen LogP contribution in [0.2, 0.25) is 5.02 Å². The normalized spacial score (nSPS) is 12.0. The zero-order valence-corrected chi connectivity index (χ0v) is 26.5. The zero-order valence-electron chi connectivity index (χ0n) is 24.9. The first-order valence-corrected chi connectivity index (χ1v) is 15.9. The Labute approximate surface area is 254 Å². The molecule has 0 aliphatic heterocycles. The summed E-state index contributed by atoms with van der Waals surface area (Å²) in [6.45, 7) is 7.80. The highest BCUT2D eigenvalue weighted by molar-refractivity contribution is 7.92. The summed E-state index contributed by atoms with van der Waals surface area (Å²) >= 11 is 6.39. The van der Waals surface area contributed by atoms with Gasteiger partial charge < -0.3 is 15.0 Å². The molecule has 0 aliphatic rings. The Balaban J connectivity index is 2.06.